The average molecular weight is 577 g/mol. The molecule has 0 unspecified atom stereocenters. The average Bonchev–Trinajstić information content (AvgIpc) is 3.42. The number of likely N-dealkylation sites (tertiary alicyclic amines) is 1. The van der Waals surface area contributed by atoms with Crippen LogP contribution in [0.2, 0.25) is 0 Å². The number of anilines is 1. The Labute approximate surface area is 249 Å². The Balaban J connectivity index is 1.49. The molecule has 0 bridgehead atoms. The summed E-state index contributed by atoms with van der Waals surface area (Å²) in [4.78, 5) is 33.1. The van der Waals surface area contributed by atoms with Crippen LogP contribution in [0.25, 0.3) is 0 Å². The van der Waals surface area contributed by atoms with Crippen molar-refractivity contribution in [3.63, 3.8) is 0 Å². The lowest BCUT2D eigenvalue weighted by molar-refractivity contribution is -0.132. The van der Waals surface area contributed by atoms with Crippen molar-refractivity contribution in [3.8, 4) is 11.5 Å². The molecule has 0 aliphatic carbocycles. The summed E-state index contributed by atoms with van der Waals surface area (Å²) in [5, 5.41) is 2.99. The molecule has 0 spiro atoms. The second-order valence-electron chi connectivity index (χ2n) is 10.9. The highest BCUT2D eigenvalue weighted by atomic mass is 16.5. The van der Waals surface area contributed by atoms with Crippen LogP contribution in [0.1, 0.15) is 41.9 Å². The number of furan rings is 1. The lowest BCUT2D eigenvalue weighted by Crippen LogP contribution is -2.47. The first-order valence-electron chi connectivity index (χ1n) is 14.7. The van der Waals surface area contributed by atoms with Crippen LogP contribution in [0, 0.1) is 13.8 Å². The van der Waals surface area contributed by atoms with E-state index in [1.54, 1.807) is 24.0 Å². The number of aryl methyl sites for hydroxylation is 2. The van der Waals surface area contributed by atoms with E-state index in [1.807, 2.05) is 68.4 Å². The molecule has 3 amide bonds. The molecule has 1 aromatic heterocycles. The van der Waals surface area contributed by atoms with Gasteiger partial charge >= 0.3 is 6.03 Å². The van der Waals surface area contributed by atoms with Gasteiger partial charge in [0.25, 0.3) is 0 Å². The zero-order chi connectivity index (χ0) is 29.9. The monoisotopic (exact) mass is 576 g/mol. The first-order valence-corrected chi connectivity index (χ1v) is 14.7. The molecule has 1 N–H and O–H groups in total. The molecule has 9 nitrogen and oxygen atoms in total. The number of piperidine rings is 1. The zero-order valence-electron chi connectivity index (χ0n) is 25.4. The van der Waals surface area contributed by atoms with Crippen LogP contribution in [0.4, 0.5) is 10.5 Å². The van der Waals surface area contributed by atoms with E-state index in [4.69, 9.17) is 13.9 Å². The number of rotatable bonds is 13. The maximum atomic E-state index is 13.9. The van der Waals surface area contributed by atoms with Crippen molar-refractivity contribution in [2.45, 2.75) is 46.1 Å². The topological polar surface area (TPSA) is 87.5 Å². The Morgan fingerprint density at radius 1 is 0.881 bits per heavy atom. The van der Waals surface area contributed by atoms with Gasteiger partial charge in [-0.3, -0.25) is 4.79 Å². The van der Waals surface area contributed by atoms with Crippen LogP contribution >= 0.6 is 0 Å². The second-order valence-corrected chi connectivity index (χ2v) is 10.9. The number of ether oxygens (including phenoxy) is 2. The predicted molar refractivity (Wildman–Crippen MR) is 164 cm³/mol. The van der Waals surface area contributed by atoms with E-state index in [0.717, 1.165) is 36.5 Å². The number of nitrogens with zero attached hydrogens (tertiary/aromatic N) is 3. The van der Waals surface area contributed by atoms with Crippen molar-refractivity contribution in [3.05, 3.63) is 77.2 Å². The van der Waals surface area contributed by atoms with Gasteiger partial charge in [-0.15, -0.1) is 0 Å². The van der Waals surface area contributed by atoms with E-state index in [-0.39, 0.29) is 18.5 Å². The number of methoxy groups -OCH3 is 2. The summed E-state index contributed by atoms with van der Waals surface area (Å²) >= 11 is 0. The predicted octanol–water partition coefficient (Wildman–Crippen LogP) is 5.50. The molecule has 0 atom stereocenters. The minimum atomic E-state index is -0.280. The van der Waals surface area contributed by atoms with Gasteiger partial charge in [0.1, 0.15) is 18.1 Å². The van der Waals surface area contributed by atoms with E-state index in [0.29, 0.717) is 49.0 Å². The van der Waals surface area contributed by atoms with Crippen molar-refractivity contribution in [1.82, 2.24) is 14.7 Å². The minimum Gasteiger partial charge on any atom is -0.493 e. The van der Waals surface area contributed by atoms with E-state index < -0.39 is 0 Å². The summed E-state index contributed by atoms with van der Waals surface area (Å²) < 4.78 is 16.7. The lowest BCUT2D eigenvalue weighted by Gasteiger charge is -2.31. The highest BCUT2D eigenvalue weighted by molar-refractivity contribution is 5.92. The van der Waals surface area contributed by atoms with E-state index >= 15 is 0 Å². The van der Waals surface area contributed by atoms with Gasteiger partial charge in [0.2, 0.25) is 5.91 Å². The Morgan fingerprint density at radius 2 is 1.62 bits per heavy atom. The van der Waals surface area contributed by atoms with Gasteiger partial charge in [-0.25, -0.2) is 4.79 Å². The molecule has 3 aromatic rings. The number of carbonyl (C=O) groups is 2. The van der Waals surface area contributed by atoms with Crippen molar-refractivity contribution >= 4 is 17.6 Å². The molecule has 226 valence electrons. The van der Waals surface area contributed by atoms with Gasteiger partial charge in [0.05, 0.1) is 20.8 Å². The van der Waals surface area contributed by atoms with E-state index in [2.05, 4.69) is 10.2 Å². The minimum absolute atomic E-state index is 0.0306. The number of benzene rings is 2. The third-order valence-electron chi connectivity index (χ3n) is 7.66. The number of carbonyl (C=O) groups excluding carboxylic acids is 2. The molecule has 0 saturated carbocycles. The van der Waals surface area contributed by atoms with Crippen LogP contribution in [-0.2, 0) is 17.8 Å². The Kier molecular flexibility index (Phi) is 11.3. The van der Waals surface area contributed by atoms with Gasteiger partial charge in [-0.1, -0.05) is 30.2 Å². The number of hydrogen-bond donors (Lipinski definition) is 1. The molecule has 2 heterocycles. The highest BCUT2D eigenvalue weighted by Crippen LogP contribution is 2.28. The summed E-state index contributed by atoms with van der Waals surface area (Å²) in [7, 11) is 3.21. The second kappa shape index (κ2) is 15.3. The summed E-state index contributed by atoms with van der Waals surface area (Å²) in [6.45, 7) is 7.88. The third-order valence-corrected chi connectivity index (χ3v) is 7.66. The molecular formula is C33H44N4O5. The Bertz CT molecular complexity index is 1300. The van der Waals surface area contributed by atoms with Crippen LogP contribution in [0.3, 0.4) is 0 Å². The van der Waals surface area contributed by atoms with Crippen LogP contribution < -0.4 is 14.8 Å². The fourth-order valence-corrected chi connectivity index (χ4v) is 5.15. The molecule has 1 fully saturated rings. The highest BCUT2D eigenvalue weighted by Gasteiger charge is 2.24. The van der Waals surface area contributed by atoms with Gasteiger partial charge < -0.3 is 33.9 Å². The van der Waals surface area contributed by atoms with Gasteiger partial charge in [0, 0.05) is 25.3 Å². The third kappa shape index (κ3) is 9.01. The lowest BCUT2D eigenvalue weighted by atomic mass is 10.1. The van der Waals surface area contributed by atoms with Gasteiger partial charge in [-0.2, -0.15) is 0 Å². The molecule has 1 aliphatic heterocycles. The SMILES string of the molecule is COc1ccc(CCN(Cc2ccc(C)o2)C(=O)CN(CCN2CCCCC2)C(=O)Nc2ccc(C)cc2)cc1OC. The Morgan fingerprint density at radius 3 is 2.29 bits per heavy atom. The molecule has 2 aromatic carbocycles. The van der Waals surface area contributed by atoms with Crippen molar-refractivity contribution in [1.29, 1.82) is 0 Å². The number of amides is 3. The standard InChI is InChI=1S/C33H44N4O5/c1-25-8-12-28(13-9-25)34-33(39)37(21-20-35-17-6-5-7-18-35)24-32(38)36(23-29-14-10-26(2)42-29)19-16-27-11-15-30(40-3)31(22-27)41-4/h8-15,22H,5-7,16-21,23-24H2,1-4H3,(H,34,39). The molecule has 0 radical (unpaired) electrons. The zero-order valence-corrected chi connectivity index (χ0v) is 25.4. The van der Waals surface area contributed by atoms with Gasteiger partial charge in [0.15, 0.2) is 11.5 Å². The van der Waals surface area contributed by atoms with E-state index in [1.165, 1.54) is 19.3 Å². The summed E-state index contributed by atoms with van der Waals surface area (Å²) in [5.74, 6) is 2.66. The largest absolute Gasteiger partial charge is 0.493 e. The van der Waals surface area contributed by atoms with Crippen molar-refractivity contribution < 1.29 is 23.5 Å². The molecule has 1 aliphatic rings. The summed E-state index contributed by atoms with van der Waals surface area (Å²) in [6, 6.07) is 17.0. The van der Waals surface area contributed by atoms with Crippen LogP contribution in [0.5, 0.6) is 11.5 Å². The van der Waals surface area contributed by atoms with E-state index in [9.17, 15) is 9.59 Å². The first-order chi connectivity index (χ1) is 20.3. The number of nitrogens with one attached hydrogen (secondary N) is 1. The smallest absolute Gasteiger partial charge is 0.322 e. The number of hydrogen-bond acceptors (Lipinski definition) is 6. The number of urea groups is 1. The maximum absolute atomic E-state index is 13.9. The normalized spacial score (nSPS) is 13.4. The molecule has 1 saturated heterocycles. The fraction of sp³-hybridized carbons (Fsp3) is 0.455. The van der Waals surface area contributed by atoms with Gasteiger partial charge in [-0.05, 0) is 88.2 Å². The van der Waals surface area contributed by atoms with Crippen molar-refractivity contribution in [2.24, 2.45) is 0 Å². The quantitative estimate of drug-likeness (QED) is 0.289. The molecule has 4 rings (SSSR count). The summed E-state index contributed by atoms with van der Waals surface area (Å²) in [5.41, 5.74) is 2.83. The van der Waals surface area contributed by atoms with Crippen LogP contribution in [-0.4, -0.2) is 80.1 Å². The Hall–Kier alpha value is -3.98. The van der Waals surface area contributed by atoms with Crippen molar-refractivity contribution in [2.75, 3.05) is 58.8 Å². The van der Waals surface area contributed by atoms with Crippen LogP contribution in [0.15, 0.2) is 59.0 Å². The summed E-state index contributed by atoms with van der Waals surface area (Å²) in [6.07, 6.45) is 4.19. The molecule has 9 heteroatoms. The molecule has 42 heavy (non-hydrogen) atoms. The first kappa shape index (κ1) is 31.0. The fourth-order valence-electron chi connectivity index (χ4n) is 5.15. The maximum Gasteiger partial charge on any atom is 0.322 e. The molecular weight excluding hydrogens is 532 g/mol.